The molecule has 0 atom stereocenters. The van der Waals surface area contributed by atoms with E-state index in [1.807, 2.05) is 43.4 Å². The first kappa shape index (κ1) is 30.7. The van der Waals surface area contributed by atoms with Crippen LogP contribution in [-0.2, 0) is 14.1 Å². The van der Waals surface area contributed by atoms with Gasteiger partial charge in [-0.1, -0.05) is 115 Å². The van der Waals surface area contributed by atoms with Crippen molar-refractivity contribution in [1.82, 2.24) is 19.1 Å². The van der Waals surface area contributed by atoms with Crippen LogP contribution in [0.4, 0.5) is 0 Å². The molecule has 252 valence electrons. The maximum absolute atomic E-state index is 12.5. The van der Waals surface area contributed by atoms with Gasteiger partial charge in [-0.15, -0.1) is 0 Å². The van der Waals surface area contributed by atoms with Gasteiger partial charge >= 0.3 is 5.69 Å². The average Bonchev–Trinajstić information content (AvgIpc) is 3.68. The van der Waals surface area contributed by atoms with Crippen molar-refractivity contribution in [2.24, 2.45) is 14.1 Å². The zero-order valence-electron chi connectivity index (χ0n) is 29.1. The largest absolute Gasteiger partial charge is 0.456 e. The van der Waals surface area contributed by atoms with Crippen LogP contribution in [0.3, 0.4) is 0 Å². The van der Waals surface area contributed by atoms with Crippen molar-refractivity contribution in [3.8, 4) is 56.2 Å². The predicted octanol–water partition coefficient (Wildman–Crippen LogP) is 11.1. The molecule has 0 bridgehead atoms. The van der Waals surface area contributed by atoms with E-state index >= 15 is 0 Å². The lowest BCUT2D eigenvalue weighted by Crippen LogP contribution is -2.19. The van der Waals surface area contributed by atoms with Crippen LogP contribution < -0.4 is 5.69 Å². The highest BCUT2D eigenvalue weighted by Gasteiger charge is 2.14. The normalized spacial score (nSPS) is 11.7. The van der Waals surface area contributed by atoms with Gasteiger partial charge in [0.05, 0.1) is 22.4 Å². The monoisotopic (exact) mass is 684 g/mol. The van der Waals surface area contributed by atoms with E-state index in [0.717, 1.165) is 83.3 Å². The highest BCUT2D eigenvalue weighted by molar-refractivity contribution is 6.11. The molecular weight excluding hydrogens is 653 g/mol. The predicted molar refractivity (Wildman–Crippen MR) is 216 cm³/mol. The lowest BCUT2D eigenvalue weighted by atomic mass is 9.99. The minimum atomic E-state index is -0.0330. The zero-order valence-corrected chi connectivity index (χ0v) is 29.1. The standard InChI is InChI=1S/C47H32N4O2/c1-50-42-22-20-37(26-43(42)51(2)47(50)52)30-14-18-32(19-15-30)41-28-40(48-46(49-41)33-8-4-3-5-9-33)31-16-12-29(13-17-31)36-21-23-44-38(25-36)39-24-34-10-6-7-11-35(34)27-45(39)53-44/h3-28H,1-2H3. The number of rotatable bonds is 5. The molecule has 0 aliphatic rings. The lowest BCUT2D eigenvalue weighted by molar-refractivity contribution is 0.669. The molecule has 6 heteroatoms. The molecule has 53 heavy (non-hydrogen) atoms. The van der Waals surface area contributed by atoms with Crippen molar-refractivity contribution in [3.05, 3.63) is 168 Å². The van der Waals surface area contributed by atoms with Crippen LogP contribution in [0.15, 0.2) is 167 Å². The Bertz CT molecular complexity index is 3080. The Labute approximate surface area is 304 Å². The lowest BCUT2D eigenvalue weighted by Gasteiger charge is -2.11. The van der Waals surface area contributed by atoms with E-state index in [1.165, 1.54) is 10.8 Å². The van der Waals surface area contributed by atoms with Crippen LogP contribution in [0.1, 0.15) is 0 Å². The van der Waals surface area contributed by atoms with Crippen molar-refractivity contribution in [1.29, 1.82) is 0 Å². The topological polar surface area (TPSA) is 65.8 Å². The Morgan fingerprint density at radius 3 is 1.64 bits per heavy atom. The highest BCUT2D eigenvalue weighted by atomic mass is 16.3. The first-order valence-electron chi connectivity index (χ1n) is 17.6. The molecule has 3 aromatic heterocycles. The summed E-state index contributed by atoms with van der Waals surface area (Å²) in [5, 5.41) is 4.60. The van der Waals surface area contributed by atoms with Gasteiger partial charge in [-0.2, -0.15) is 0 Å². The number of furan rings is 1. The fraction of sp³-hybridized carbons (Fsp3) is 0.0426. The number of fused-ring (bicyclic) bond motifs is 5. The minimum Gasteiger partial charge on any atom is -0.456 e. The number of aryl methyl sites for hydroxylation is 2. The number of imidazole rings is 1. The Kier molecular flexibility index (Phi) is 6.98. The SMILES string of the molecule is Cn1c(=O)n(C)c2cc(-c3ccc(-c4cc(-c5ccc(-c6ccc7oc8cc9ccccc9cc8c7c6)cc5)nc(-c5ccccc5)n4)cc3)ccc21. The molecule has 0 saturated heterocycles. The molecule has 0 unspecified atom stereocenters. The molecule has 0 N–H and O–H groups in total. The van der Waals surface area contributed by atoms with Gasteiger partial charge in [0.2, 0.25) is 0 Å². The molecule has 0 aliphatic heterocycles. The number of benzene rings is 7. The summed E-state index contributed by atoms with van der Waals surface area (Å²) < 4.78 is 9.62. The number of nitrogens with zero attached hydrogens (tertiary/aromatic N) is 4. The zero-order chi connectivity index (χ0) is 35.6. The van der Waals surface area contributed by atoms with Crippen LogP contribution in [-0.4, -0.2) is 19.1 Å². The quantitative estimate of drug-likeness (QED) is 0.181. The van der Waals surface area contributed by atoms with Crippen molar-refractivity contribution in [3.63, 3.8) is 0 Å². The maximum atomic E-state index is 12.5. The summed E-state index contributed by atoms with van der Waals surface area (Å²) in [5.41, 5.74) is 12.6. The second-order valence-corrected chi connectivity index (χ2v) is 13.6. The fourth-order valence-electron chi connectivity index (χ4n) is 7.45. The molecule has 0 spiro atoms. The molecule has 3 heterocycles. The summed E-state index contributed by atoms with van der Waals surface area (Å²) in [4.78, 5) is 22.6. The second-order valence-electron chi connectivity index (χ2n) is 13.6. The number of aromatic nitrogens is 4. The van der Waals surface area contributed by atoms with Crippen molar-refractivity contribution in [2.45, 2.75) is 0 Å². The van der Waals surface area contributed by atoms with Gasteiger partial charge in [0.15, 0.2) is 5.82 Å². The van der Waals surface area contributed by atoms with E-state index < -0.39 is 0 Å². The maximum Gasteiger partial charge on any atom is 0.328 e. The van der Waals surface area contributed by atoms with Gasteiger partial charge in [-0.3, -0.25) is 9.13 Å². The Morgan fingerprint density at radius 1 is 0.434 bits per heavy atom. The van der Waals surface area contributed by atoms with E-state index in [1.54, 1.807) is 16.2 Å². The van der Waals surface area contributed by atoms with Gasteiger partial charge < -0.3 is 4.42 Å². The van der Waals surface area contributed by atoms with Gasteiger partial charge in [0.25, 0.3) is 0 Å². The van der Waals surface area contributed by atoms with E-state index in [0.29, 0.717) is 5.82 Å². The Balaban J connectivity index is 1.01. The molecule has 7 aromatic carbocycles. The summed E-state index contributed by atoms with van der Waals surface area (Å²) >= 11 is 0. The van der Waals surface area contributed by atoms with Crippen LogP contribution in [0.25, 0.3) is 99.9 Å². The van der Waals surface area contributed by atoms with Crippen LogP contribution >= 0.6 is 0 Å². The Morgan fingerprint density at radius 2 is 0.962 bits per heavy atom. The summed E-state index contributed by atoms with van der Waals surface area (Å²) in [5.74, 6) is 0.673. The third-order valence-electron chi connectivity index (χ3n) is 10.4. The van der Waals surface area contributed by atoms with Gasteiger partial charge in [0, 0.05) is 41.6 Å². The van der Waals surface area contributed by atoms with Crippen molar-refractivity contribution in [2.75, 3.05) is 0 Å². The molecule has 0 aliphatic carbocycles. The van der Waals surface area contributed by atoms with Gasteiger partial charge in [-0.25, -0.2) is 14.8 Å². The molecule has 0 radical (unpaired) electrons. The van der Waals surface area contributed by atoms with Gasteiger partial charge in [-0.05, 0) is 75.5 Å². The molecule has 10 aromatic rings. The van der Waals surface area contributed by atoms with E-state index in [-0.39, 0.29) is 5.69 Å². The molecular formula is C47H32N4O2. The minimum absolute atomic E-state index is 0.0330. The first-order chi connectivity index (χ1) is 26.0. The average molecular weight is 685 g/mol. The fourth-order valence-corrected chi connectivity index (χ4v) is 7.45. The first-order valence-corrected chi connectivity index (χ1v) is 17.6. The third kappa shape index (κ3) is 5.23. The molecule has 6 nitrogen and oxygen atoms in total. The summed E-state index contributed by atoms with van der Waals surface area (Å²) in [6.07, 6.45) is 0. The highest BCUT2D eigenvalue weighted by Crippen LogP contribution is 2.36. The summed E-state index contributed by atoms with van der Waals surface area (Å²) in [6.45, 7) is 0. The smallest absolute Gasteiger partial charge is 0.328 e. The van der Waals surface area contributed by atoms with Crippen molar-refractivity contribution >= 4 is 43.7 Å². The van der Waals surface area contributed by atoms with E-state index in [9.17, 15) is 4.79 Å². The second kappa shape index (κ2) is 12.0. The number of hydrogen-bond acceptors (Lipinski definition) is 4. The summed E-state index contributed by atoms with van der Waals surface area (Å²) in [6, 6.07) is 54.5. The molecule has 0 amide bonds. The van der Waals surface area contributed by atoms with E-state index in [4.69, 9.17) is 14.4 Å². The van der Waals surface area contributed by atoms with Gasteiger partial charge in [0.1, 0.15) is 11.2 Å². The van der Waals surface area contributed by atoms with Crippen LogP contribution in [0, 0.1) is 0 Å². The molecule has 10 rings (SSSR count). The Hall–Kier alpha value is -7.05. The van der Waals surface area contributed by atoms with Crippen LogP contribution in [0.5, 0.6) is 0 Å². The van der Waals surface area contributed by atoms with Crippen molar-refractivity contribution < 1.29 is 4.42 Å². The molecule has 0 fully saturated rings. The summed E-state index contributed by atoms with van der Waals surface area (Å²) in [7, 11) is 3.61. The third-order valence-corrected chi connectivity index (χ3v) is 10.4. The molecule has 0 saturated carbocycles. The van der Waals surface area contributed by atoms with E-state index in [2.05, 4.69) is 121 Å². The van der Waals surface area contributed by atoms with Crippen LogP contribution in [0.2, 0.25) is 0 Å². The number of hydrogen-bond donors (Lipinski definition) is 0.